The third-order valence-electron chi connectivity index (χ3n) is 5.13. The average Bonchev–Trinajstić information content (AvgIpc) is 3.01. The van der Waals surface area contributed by atoms with E-state index in [9.17, 15) is 0 Å². The summed E-state index contributed by atoms with van der Waals surface area (Å²) in [6.07, 6.45) is 1.17. The van der Waals surface area contributed by atoms with Crippen LogP contribution >= 0.6 is 0 Å². The molecule has 23 heavy (non-hydrogen) atoms. The van der Waals surface area contributed by atoms with Crippen LogP contribution in [0.5, 0.6) is 0 Å². The summed E-state index contributed by atoms with van der Waals surface area (Å²) in [5.41, 5.74) is 3.77. The van der Waals surface area contributed by atoms with Crippen LogP contribution in [-0.4, -0.2) is 30.4 Å². The van der Waals surface area contributed by atoms with Gasteiger partial charge in [-0.25, -0.2) is 0 Å². The highest BCUT2D eigenvalue weighted by atomic mass is 16.8. The molecule has 0 amide bonds. The van der Waals surface area contributed by atoms with Gasteiger partial charge in [0.15, 0.2) is 12.1 Å². The van der Waals surface area contributed by atoms with Gasteiger partial charge in [0.2, 0.25) is 0 Å². The molecule has 1 unspecified atom stereocenters. The van der Waals surface area contributed by atoms with Gasteiger partial charge in [-0.15, -0.1) is 0 Å². The van der Waals surface area contributed by atoms with Crippen LogP contribution in [0.25, 0.3) is 0 Å². The molecule has 0 spiro atoms. The molecule has 2 heterocycles. The van der Waals surface area contributed by atoms with E-state index in [1.54, 1.807) is 0 Å². The Morgan fingerprint density at radius 1 is 1.13 bits per heavy atom. The quantitative estimate of drug-likeness (QED) is 0.825. The van der Waals surface area contributed by atoms with E-state index in [2.05, 4.69) is 45.9 Å². The summed E-state index contributed by atoms with van der Waals surface area (Å²) in [5.74, 6) is -0.561. The van der Waals surface area contributed by atoms with Crippen molar-refractivity contribution in [1.82, 2.24) is 0 Å². The monoisotopic (exact) mass is 320 g/mol. The maximum Gasteiger partial charge on any atom is 0.190 e. The molecule has 0 radical (unpaired) electrons. The van der Waals surface area contributed by atoms with Crippen LogP contribution in [0, 0.1) is 13.8 Å². The molecule has 2 saturated heterocycles. The number of hydrogen-bond donors (Lipinski definition) is 0. The zero-order valence-corrected chi connectivity index (χ0v) is 14.8. The Bertz CT molecular complexity index is 538. The molecule has 4 heteroatoms. The number of fused-ring (bicyclic) bond motifs is 1. The van der Waals surface area contributed by atoms with Gasteiger partial charge in [0.25, 0.3) is 0 Å². The fourth-order valence-electron chi connectivity index (χ4n) is 3.43. The van der Waals surface area contributed by atoms with E-state index in [1.165, 1.54) is 16.7 Å². The van der Waals surface area contributed by atoms with Crippen molar-refractivity contribution in [3.63, 3.8) is 0 Å². The lowest BCUT2D eigenvalue weighted by Crippen LogP contribution is -2.37. The van der Waals surface area contributed by atoms with Gasteiger partial charge in [0.05, 0.1) is 12.7 Å². The molecule has 4 nitrogen and oxygen atoms in total. The average molecular weight is 320 g/mol. The van der Waals surface area contributed by atoms with E-state index >= 15 is 0 Å². The fourth-order valence-corrected chi connectivity index (χ4v) is 3.43. The van der Waals surface area contributed by atoms with Crippen molar-refractivity contribution < 1.29 is 18.9 Å². The summed E-state index contributed by atoms with van der Waals surface area (Å²) in [5, 5.41) is 0. The molecular formula is C19H28O4. The van der Waals surface area contributed by atoms with Gasteiger partial charge in [0.1, 0.15) is 12.2 Å². The van der Waals surface area contributed by atoms with Crippen LogP contribution in [0.3, 0.4) is 0 Å². The first-order chi connectivity index (χ1) is 11.0. The lowest BCUT2D eigenvalue weighted by molar-refractivity contribution is -0.229. The van der Waals surface area contributed by atoms with Gasteiger partial charge in [-0.2, -0.15) is 0 Å². The molecule has 2 fully saturated rings. The van der Waals surface area contributed by atoms with E-state index in [0.717, 1.165) is 12.8 Å². The van der Waals surface area contributed by atoms with Gasteiger partial charge in [-0.1, -0.05) is 32.0 Å². The SMILES string of the molecule is CC[C@H]1O[C@@H]2OC(C)(CC)O[C@@H]2[C@H]1OCc1c(C)cccc1C. The van der Waals surface area contributed by atoms with Crippen LogP contribution in [0.1, 0.15) is 50.3 Å². The van der Waals surface area contributed by atoms with Crippen molar-refractivity contribution in [2.75, 3.05) is 0 Å². The molecular weight excluding hydrogens is 292 g/mol. The van der Waals surface area contributed by atoms with Crippen molar-refractivity contribution in [3.8, 4) is 0 Å². The van der Waals surface area contributed by atoms with Gasteiger partial charge in [0, 0.05) is 0 Å². The smallest absolute Gasteiger partial charge is 0.190 e. The van der Waals surface area contributed by atoms with Crippen LogP contribution in [0.15, 0.2) is 18.2 Å². The molecule has 5 atom stereocenters. The van der Waals surface area contributed by atoms with Crippen molar-refractivity contribution in [2.45, 2.75) is 84.5 Å². The van der Waals surface area contributed by atoms with Crippen molar-refractivity contribution in [2.24, 2.45) is 0 Å². The standard InChI is InChI=1S/C19H28O4/c1-6-15-16(17-18(21-15)23-19(5,7-2)22-17)20-11-14-12(3)9-8-10-13(14)4/h8-10,15-18H,6-7,11H2,1-5H3/t15-,16+,17-,18-,19?/m1/s1. The third kappa shape index (κ3) is 3.18. The third-order valence-corrected chi connectivity index (χ3v) is 5.13. The highest BCUT2D eigenvalue weighted by Gasteiger charge is 2.55. The first kappa shape index (κ1) is 16.9. The summed E-state index contributed by atoms with van der Waals surface area (Å²) in [4.78, 5) is 0. The molecule has 1 aromatic rings. The van der Waals surface area contributed by atoms with E-state index in [4.69, 9.17) is 18.9 Å². The second kappa shape index (κ2) is 6.52. The Balaban J connectivity index is 1.72. The zero-order chi connectivity index (χ0) is 16.6. The van der Waals surface area contributed by atoms with Crippen molar-refractivity contribution >= 4 is 0 Å². The predicted octanol–water partition coefficient (Wildman–Crippen LogP) is 3.87. The van der Waals surface area contributed by atoms with E-state index in [0.29, 0.717) is 6.61 Å². The lowest BCUT2D eigenvalue weighted by Gasteiger charge is -2.27. The largest absolute Gasteiger partial charge is 0.368 e. The molecule has 1 aromatic carbocycles. The molecule has 0 aliphatic carbocycles. The minimum absolute atomic E-state index is 0.0238. The van der Waals surface area contributed by atoms with E-state index < -0.39 is 5.79 Å². The van der Waals surface area contributed by atoms with Crippen LogP contribution < -0.4 is 0 Å². The highest BCUT2D eigenvalue weighted by Crippen LogP contribution is 2.41. The molecule has 0 aromatic heterocycles. The lowest BCUT2D eigenvalue weighted by atomic mass is 10.0. The molecule has 0 saturated carbocycles. The summed E-state index contributed by atoms with van der Waals surface area (Å²) in [6.45, 7) is 11.0. The Labute approximate surface area is 139 Å². The minimum Gasteiger partial charge on any atom is -0.368 e. The Hall–Kier alpha value is -0.940. The molecule has 0 N–H and O–H groups in total. The molecule has 3 rings (SSSR count). The molecule has 128 valence electrons. The van der Waals surface area contributed by atoms with Gasteiger partial charge >= 0.3 is 0 Å². The van der Waals surface area contributed by atoms with E-state index in [1.807, 2.05) is 6.92 Å². The number of hydrogen-bond acceptors (Lipinski definition) is 4. The summed E-state index contributed by atoms with van der Waals surface area (Å²) in [7, 11) is 0. The van der Waals surface area contributed by atoms with Crippen LogP contribution in [0.2, 0.25) is 0 Å². The van der Waals surface area contributed by atoms with E-state index in [-0.39, 0.29) is 24.6 Å². The topological polar surface area (TPSA) is 36.9 Å². The number of aryl methyl sites for hydroxylation is 2. The van der Waals surface area contributed by atoms with Gasteiger partial charge in [-0.05, 0) is 50.3 Å². The first-order valence-corrected chi connectivity index (χ1v) is 8.65. The highest BCUT2D eigenvalue weighted by molar-refractivity contribution is 5.32. The summed E-state index contributed by atoms with van der Waals surface area (Å²) in [6, 6.07) is 6.33. The van der Waals surface area contributed by atoms with Crippen LogP contribution in [-0.2, 0) is 25.6 Å². The number of ether oxygens (including phenoxy) is 4. The van der Waals surface area contributed by atoms with Gasteiger partial charge in [-0.3, -0.25) is 0 Å². The molecule has 2 aliphatic heterocycles. The fraction of sp³-hybridized carbons (Fsp3) is 0.684. The second-order valence-corrected chi connectivity index (χ2v) is 6.78. The molecule has 2 aliphatic rings. The number of rotatable bonds is 5. The Kier molecular flexibility index (Phi) is 4.79. The maximum atomic E-state index is 6.28. The zero-order valence-electron chi connectivity index (χ0n) is 14.8. The Morgan fingerprint density at radius 3 is 2.43 bits per heavy atom. The second-order valence-electron chi connectivity index (χ2n) is 6.78. The van der Waals surface area contributed by atoms with Gasteiger partial charge < -0.3 is 18.9 Å². The van der Waals surface area contributed by atoms with Crippen LogP contribution in [0.4, 0.5) is 0 Å². The van der Waals surface area contributed by atoms with Crippen molar-refractivity contribution in [3.05, 3.63) is 34.9 Å². The maximum absolute atomic E-state index is 6.28. The predicted molar refractivity (Wildman–Crippen MR) is 88.1 cm³/mol. The minimum atomic E-state index is -0.561. The summed E-state index contributed by atoms with van der Waals surface area (Å²) < 4.78 is 24.4. The van der Waals surface area contributed by atoms with Crippen molar-refractivity contribution in [1.29, 1.82) is 0 Å². The molecule has 0 bridgehead atoms. The number of benzene rings is 1. The summed E-state index contributed by atoms with van der Waals surface area (Å²) >= 11 is 0. The Morgan fingerprint density at radius 2 is 1.83 bits per heavy atom. The first-order valence-electron chi connectivity index (χ1n) is 8.65. The normalized spacial score (nSPS) is 36.4.